The number of aldehydes is 1. The molecule has 0 aromatic carbocycles. The molecule has 1 fully saturated rings. The van der Waals surface area contributed by atoms with E-state index in [1.165, 1.54) is 18.4 Å². The van der Waals surface area contributed by atoms with Crippen molar-refractivity contribution >= 4 is 6.29 Å². The number of carbonyl (C=O) groups is 1. The van der Waals surface area contributed by atoms with Crippen LogP contribution in [-0.4, -0.2) is 35.3 Å². The van der Waals surface area contributed by atoms with Crippen molar-refractivity contribution in [3.8, 4) is 0 Å². The zero-order valence-corrected chi connectivity index (χ0v) is 9.51. The molecule has 1 atom stereocenters. The van der Waals surface area contributed by atoms with Gasteiger partial charge in [0.05, 0.1) is 6.04 Å². The SMILES string of the molecule is O=CC1CCCCN1CCc1cccnc1. The fourth-order valence-electron chi connectivity index (χ4n) is 2.27. The Morgan fingerprint density at radius 1 is 1.50 bits per heavy atom. The number of piperidine rings is 1. The lowest BCUT2D eigenvalue weighted by Gasteiger charge is -2.32. The highest BCUT2D eigenvalue weighted by molar-refractivity contribution is 5.57. The second-order valence-corrected chi connectivity index (χ2v) is 4.35. The molecule has 0 aliphatic carbocycles. The summed E-state index contributed by atoms with van der Waals surface area (Å²) in [4.78, 5) is 17.3. The monoisotopic (exact) mass is 218 g/mol. The van der Waals surface area contributed by atoms with Crippen molar-refractivity contribution in [3.05, 3.63) is 30.1 Å². The fraction of sp³-hybridized carbons (Fsp3) is 0.538. The summed E-state index contributed by atoms with van der Waals surface area (Å²) in [6.07, 6.45) is 9.21. The summed E-state index contributed by atoms with van der Waals surface area (Å²) in [7, 11) is 0. The van der Waals surface area contributed by atoms with Gasteiger partial charge in [-0.2, -0.15) is 0 Å². The van der Waals surface area contributed by atoms with Crippen LogP contribution in [-0.2, 0) is 11.2 Å². The van der Waals surface area contributed by atoms with Gasteiger partial charge >= 0.3 is 0 Å². The number of rotatable bonds is 4. The molecule has 3 heteroatoms. The van der Waals surface area contributed by atoms with E-state index in [1.807, 2.05) is 12.3 Å². The lowest BCUT2D eigenvalue weighted by Crippen LogP contribution is -2.41. The molecule has 2 heterocycles. The molecule has 1 unspecified atom stereocenters. The van der Waals surface area contributed by atoms with Gasteiger partial charge in [0.15, 0.2) is 0 Å². The normalized spacial score (nSPS) is 21.9. The Labute approximate surface area is 96.5 Å². The Morgan fingerprint density at radius 2 is 2.44 bits per heavy atom. The van der Waals surface area contributed by atoms with Gasteiger partial charge in [0.2, 0.25) is 0 Å². The van der Waals surface area contributed by atoms with E-state index in [4.69, 9.17) is 0 Å². The van der Waals surface area contributed by atoms with Gasteiger partial charge in [0, 0.05) is 18.9 Å². The molecule has 1 saturated heterocycles. The summed E-state index contributed by atoms with van der Waals surface area (Å²) in [5.74, 6) is 0. The predicted molar refractivity (Wildman–Crippen MR) is 63.2 cm³/mol. The largest absolute Gasteiger partial charge is 0.302 e. The summed E-state index contributed by atoms with van der Waals surface area (Å²) in [5, 5.41) is 0. The minimum absolute atomic E-state index is 0.144. The van der Waals surface area contributed by atoms with Crippen molar-refractivity contribution in [2.24, 2.45) is 0 Å². The zero-order valence-electron chi connectivity index (χ0n) is 9.51. The minimum Gasteiger partial charge on any atom is -0.302 e. The highest BCUT2D eigenvalue weighted by Gasteiger charge is 2.20. The van der Waals surface area contributed by atoms with Crippen LogP contribution in [0.25, 0.3) is 0 Å². The molecule has 0 amide bonds. The third-order valence-electron chi connectivity index (χ3n) is 3.23. The number of hydrogen-bond acceptors (Lipinski definition) is 3. The van der Waals surface area contributed by atoms with E-state index in [2.05, 4.69) is 16.0 Å². The van der Waals surface area contributed by atoms with Crippen LogP contribution in [0.3, 0.4) is 0 Å². The minimum atomic E-state index is 0.144. The van der Waals surface area contributed by atoms with Gasteiger partial charge in [0.1, 0.15) is 6.29 Å². The molecule has 0 spiro atoms. The van der Waals surface area contributed by atoms with Crippen LogP contribution in [0.15, 0.2) is 24.5 Å². The molecule has 1 aliphatic rings. The molecular weight excluding hydrogens is 200 g/mol. The van der Waals surface area contributed by atoms with E-state index in [-0.39, 0.29) is 6.04 Å². The maximum atomic E-state index is 10.9. The van der Waals surface area contributed by atoms with Crippen molar-refractivity contribution in [2.45, 2.75) is 31.7 Å². The number of pyridine rings is 1. The van der Waals surface area contributed by atoms with Crippen molar-refractivity contribution in [2.75, 3.05) is 13.1 Å². The third kappa shape index (κ3) is 2.89. The van der Waals surface area contributed by atoms with E-state index >= 15 is 0 Å². The summed E-state index contributed by atoms with van der Waals surface area (Å²) in [5.41, 5.74) is 1.25. The first-order valence-corrected chi connectivity index (χ1v) is 5.98. The second-order valence-electron chi connectivity index (χ2n) is 4.35. The average Bonchev–Trinajstić information content (AvgIpc) is 2.38. The van der Waals surface area contributed by atoms with E-state index in [9.17, 15) is 4.79 Å². The van der Waals surface area contributed by atoms with Gasteiger partial charge in [-0.15, -0.1) is 0 Å². The van der Waals surface area contributed by atoms with Gasteiger partial charge in [0.25, 0.3) is 0 Å². The number of hydrogen-bond donors (Lipinski definition) is 0. The third-order valence-corrected chi connectivity index (χ3v) is 3.23. The topological polar surface area (TPSA) is 33.2 Å². The molecule has 86 valence electrons. The molecule has 2 rings (SSSR count). The van der Waals surface area contributed by atoms with Crippen LogP contribution in [0.2, 0.25) is 0 Å². The van der Waals surface area contributed by atoms with Crippen molar-refractivity contribution in [1.82, 2.24) is 9.88 Å². The highest BCUT2D eigenvalue weighted by Crippen LogP contribution is 2.15. The second kappa shape index (κ2) is 5.75. The van der Waals surface area contributed by atoms with Crippen molar-refractivity contribution in [1.29, 1.82) is 0 Å². The molecule has 1 aromatic rings. The van der Waals surface area contributed by atoms with Crippen LogP contribution in [0.1, 0.15) is 24.8 Å². The molecule has 0 bridgehead atoms. The van der Waals surface area contributed by atoms with Gasteiger partial charge < -0.3 is 4.79 Å². The Morgan fingerprint density at radius 3 is 3.19 bits per heavy atom. The van der Waals surface area contributed by atoms with Crippen molar-refractivity contribution in [3.63, 3.8) is 0 Å². The molecule has 0 N–H and O–H groups in total. The van der Waals surface area contributed by atoms with E-state index in [0.717, 1.165) is 32.2 Å². The smallest absolute Gasteiger partial charge is 0.137 e. The maximum absolute atomic E-state index is 10.9. The molecular formula is C13H18N2O. The summed E-state index contributed by atoms with van der Waals surface area (Å²) >= 11 is 0. The number of nitrogens with zero attached hydrogens (tertiary/aromatic N) is 2. The van der Waals surface area contributed by atoms with Gasteiger partial charge in [-0.25, -0.2) is 0 Å². The average molecular weight is 218 g/mol. The van der Waals surface area contributed by atoms with Gasteiger partial charge in [-0.05, 0) is 37.4 Å². The Balaban J connectivity index is 1.86. The van der Waals surface area contributed by atoms with Gasteiger partial charge in [-0.3, -0.25) is 9.88 Å². The Hall–Kier alpha value is -1.22. The summed E-state index contributed by atoms with van der Waals surface area (Å²) < 4.78 is 0. The summed E-state index contributed by atoms with van der Waals surface area (Å²) in [6.45, 7) is 2.03. The van der Waals surface area contributed by atoms with Crippen LogP contribution in [0, 0.1) is 0 Å². The van der Waals surface area contributed by atoms with E-state index in [0.29, 0.717) is 0 Å². The molecule has 1 aromatic heterocycles. The molecule has 3 nitrogen and oxygen atoms in total. The predicted octanol–water partition coefficient (Wildman–Crippen LogP) is 1.68. The van der Waals surface area contributed by atoms with Crippen LogP contribution < -0.4 is 0 Å². The van der Waals surface area contributed by atoms with Crippen LogP contribution in [0.5, 0.6) is 0 Å². The zero-order chi connectivity index (χ0) is 11.2. The molecule has 16 heavy (non-hydrogen) atoms. The maximum Gasteiger partial charge on any atom is 0.137 e. The van der Waals surface area contributed by atoms with Crippen molar-refractivity contribution < 1.29 is 4.79 Å². The quantitative estimate of drug-likeness (QED) is 0.721. The Bertz CT molecular complexity index is 326. The fourth-order valence-corrected chi connectivity index (χ4v) is 2.27. The molecule has 0 radical (unpaired) electrons. The number of aromatic nitrogens is 1. The molecule has 1 aliphatic heterocycles. The van der Waals surface area contributed by atoms with Crippen LogP contribution >= 0.6 is 0 Å². The Kier molecular flexibility index (Phi) is 4.05. The first-order valence-electron chi connectivity index (χ1n) is 5.98. The first kappa shape index (κ1) is 11.3. The lowest BCUT2D eigenvalue weighted by molar-refractivity contribution is -0.113. The van der Waals surface area contributed by atoms with E-state index in [1.54, 1.807) is 6.20 Å². The van der Waals surface area contributed by atoms with Gasteiger partial charge in [-0.1, -0.05) is 12.5 Å². The number of carbonyl (C=O) groups excluding carboxylic acids is 1. The lowest BCUT2D eigenvalue weighted by atomic mass is 10.0. The number of likely N-dealkylation sites (tertiary alicyclic amines) is 1. The first-order chi connectivity index (χ1) is 7.90. The standard InChI is InChI=1S/C13H18N2O/c16-11-13-5-1-2-8-15(13)9-6-12-4-3-7-14-10-12/h3-4,7,10-11,13H,1-2,5-6,8-9H2. The molecule has 0 saturated carbocycles. The van der Waals surface area contributed by atoms with E-state index < -0.39 is 0 Å². The summed E-state index contributed by atoms with van der Waals surface area (Å²) in [6, 6.07) is 4.20. The highest BCUT2D eigenvalue weighted by atomic mass is 16.1. The van der Waals surface area contributed by atoms with Crippen LogP contribution in [0.4, 0.5) is 0 Å².